The minimum atomic E-state index is -1.25. The van der Waals surface area contributed by atoms with Gasteiger partial charge < -0.3 is 24.9 Å². The van der Waals surface area contributed by atoms with Gasteiger partial charge in [-0.1, -0.05) is 13.3 Å². The summed E-state index contributed by atoms with van der Waals surface area (Å²) in [5.74, 6) is 0. The van der Waals surface area contributed by atoms with Crippen LogP contribution in [-0.4, -0.2) is 76.0 Å². The summed E-state index contributed by atoms with van der Waals surface area (Å²) in [6, 6.07) is 0. The quantitative estimate of drug-likeness (QED) is 0.457. The summed E-state index contributed by atoms with van der Waals surface area (Å²) in [6.07, 6.45) is -2.41. The molecule has 1 aliphatic heterocycles. The molecule has 0 radical (unpaired) electrons. The molecule has 0 aromatic carbocycles. The van der Waals surface area contributed by atoms with Gasteiger partial charge in [0.25, 0.3) is 0 Å². The monoisotopic (exact) mass is 234 g/mol. The molecule has 0 aromatic heterocycles. The number of aliphatic hydroxyl groups excluding tert-OH is 4. The van der Waals surface area contributed by atoms with E-state index in [1.807, 2.05) is 7.05 Å². The van der Waals surface area contributed by atoms with Gasteiger partial charge >= 0.3 is 0 Å². The molecule has 0 aromatic rings. The first-order valence-corrected chi connectivity index (χ1v) is 5.95. The predicted octanol–water partition coefficient (Wildman–Crippen LogP) is -1.31. The van der Waals surface area contributed by atoms with Crippen molar-refractivity contribution in [2.24, 2.45) is 0 Å². The van der Waals surface area contributed by atoms with Crippen molar-refractivity contribution in [3.8, 4) is 0 Å². The van der Waals surface area contributed by atoms with E-state index in [0.29, 0.717) is 17.6 Å². The van der Waals surface area contributed by atoms with Crippen LogP contribution in [0.3, 0.4) is 0 Å². The minimum Gasteiger partial charge on any atom is -0.387 e. The van der Waals surface area contributed by atoms with Gasteiger partial charge in [0.05, 0.1) is 13.6 Å². The van der Waals surface area contributed by atoms with E-state index in [1.165, 1.54) is 0 Å². The van der Waals surface area contributed by atoms with E-state index >= 15 is 0 Å². The fourth-order valence-corrected chi connectivity index (χ4v) is 2.37. The zero-order valence-electron chi connectivity index (χ0n) is 10.1. The zero-order valence-corrected chi connectivity index (χ0v) is 10.1. The average Bonchev–Trinajstić information content (AvgIpc) is 2.29. The maximum Gasteiger partial charge on any atom is 0.131 e. The smallest absolute Gasteiger partial charge is 0.131 e. The van der Waals surface area contributed by atoms with Gasteiger partial charge in [0.15, 0.2) is 0 Å². The van der Waals surface area contributed by atoms with Crippen LogP contribution >= 0.6 is 0 Å². The zero-order chi connectivity index (χ0) is 12.3. The molecule has 1 unspecified atom stereocenters. The van der Waals surface area contributed by atoms with E-state index in [1.54, 1.807) is 0 Å². The number of likely N-dealkylation sites (N-methyl/N-ethyl adjacent to an activating group) is 1. The van der Waals surface area contributed by atoms with Gasteiger partial charge in [-0.2, -0.15) is 0 Å². The highest BCUT2D eigenvalue weighted by Crippen LogP contribution is 2.19. The van der Waals surface area contributed by atoms with Crippen molar-refractivity contribution in [2.45, 2.75) is 44.2 Å². The molecule has 1 saturated heterocycles. The van der Waals surface area contributed by atoms with Gasteiger partial charge in [-0.25, -0.2) is 0 Å². The summed E-state index contributed by atoms with van der Waals surface area (Å²) in [4.78, 5) is 0. The highest BCUT2D eigenvalue weighted by Gasteiger charge is 2.42. The molecule has 0 bridgehead atoms. The standard InChI is InChI=1S/C11H24NO4/c1-3-4-5-12(2)6-8(13)10(15)11(16)9(14)7-12/h8-11,13-16H,3-7H2,1-2H3/q+1/t8-,9+,10-,11-,12?/m1/s1. The van der Waals surface area contributed by atoms with Crippen molar-refractivity contribution in [1.29, 1.82) is 0 Å². The summed E-state index contributed by atoms with van der Waals surface area (Å²) in [5, 5.41) is 38.7. The Balaban J connectivity index is 2.73. The van der Waals surface area contributed by atoms with Crippen molar-refractivity contribution in [2.75, 3.05) is 26.7 Å². The lowest BCUT2D eigenvalue weighted by Crippen LogP contribution is -2.52. The topological polar surface area (TPSA) is 80.9 Å². The van der Waals surface area contributed by atoms with Gasteiger partial charge in [-0.15, -0.1) is 0 Å². The van der Waals surface area contributed by atoms with E-state index in [2.05, 4.69) is 6.92 Å². The van der Waals surface area contributed by atoms with Gasteiger partial charge in [0.2, 0.25) is 0 Å². The van der Waals surface area contributed by atoms with Crippen molar-refractivity contribution in [3.05, 3.63) is 0 Å². The molecule has 0 saturated carbocycles. The Bertz CT molecular complexity index is 208. The molecule has 1 rings (SSSR count). The number of hydrogen-bond donors (Lipinski definition) is 4. The first-order chi connectivity index (χ1) is 7.39. The number of aliphatic hydroxyl groups is 4. The van der Waals surface area contributed by atoms with Crippen LogP contribution in [0.25, 0.3) is 0 Å². The van der Waals surface area contributed by atoms with Gasteiger partial charge in [-0.3, -0.25) is 0 Å². The molecule has 5 heteroatoms. The molecule has 4 N–H and O–H groups in total. The van der Waals surface area contributed by atoms with Gasteiger partial charge in [0.1, 0.15) is 37.5 Å². The van der Waals surface area contributed by atoms with Crippen LogP contribution in [0.2, 0.25) is 0 Å². The highest BCUT2D eigenvalue weighted by atomic mass is 16.4. The normalized spacial score (nSPS) is 45.4. The van der Waals surface area contributed by atoms with Gasteiger partial charge in [-0.05, 0) is 6.42 Å². The highest BCUT2D eigenvalue weighted by molar-refractivity contribution is 4.84. The predicted molar refractivity (Wildman–Crippen MR) is 59.7 cm³/mol. The molecule has 96 valence electrons. The number of rotatable bonds is 3. The third-order valence-electron chi connectivity index (χ3n) is 3.45. The maximum absolute atomic E-state index is 9.74. The summed E-state index contributed by atoms with van der Waals surface area (Å²) in [7, 11) is 1.94. The Morgan fingerprint density at radius 3 is 1.81 bits per heavy atom. The van der Waals surface area contributed by atoms with Crippen molar-refractivity contribution >= 4 is 0 Å². The second kappa shape index (κ2) is 5.42. The van der Waals surface area contributed by atoms with Gasteiger partial charge in [0, 0.05) is 0 Å². The van der Waals surface area contributed by atoms with Crippen molar-refractivity contribution < 1.29 is 24.9 Å². The van der Waals surface area contributed by atoms with Crippen LogP contribution in [0.4, 0.5) is 0 Å². The fraction of sp³-hybridized carbons (Fsp3) is 1.00. The maximum atomic E-state index is 9.74. The number of quaternary nitrogens is 1. The van der Waals surface area contributed by atoms with Crippen molar-refractivity contribution in [1.82, 2.24) is 0 Å². The average molecular weight is 234 g/mol. The number of likely N-dealkylation sites (tertiary alicyclic amines) is 1. The Morgan fingerprint density at radius 1 is 1.00 bits per heavy atom. The summed E-state index contributed by atoms with van der Waals surface area (Å²) >= 11 is 0. The van der Waals surface area contributed by atoms with Crippen LogP contribution in [0.15, 0.2) is 0 Å². The molecule has 0 aliphatic carbocycles. The Morgan fingerprint density at radius 2 is 1.44 bits per heavy atom. The third kappa shape index (κ3) is 3.15. The molecule has 1 fully saturated rings. The van der Waals surface area contributed by atoms with Crippen LogP contribution in [0.5, 0.6) is 0 Å². The molecule has 1 heterocycles. The Labute approximate surface area is 96.5 Å². The number of nitrogens with zero attached hydrogens (tertiary/aromatic N) is 1. The van der Waals surface area contributed by atoms with E-state index in [4.69, 9.17) is 0 Å². The van der Waals surface area contributed by atoms with Crippen LogP contribution in [-0.2, 0) is 0 Å². The number of hydrogen-bond acceptors (Lipinski definition) is 4. The molecular formula is C11H24NO4+. The molecular weight excluding hydrogens is 210 g/mol. The van der Waals surface area contributed by atoms with Crippen LogP contribution < -0.4 is 0 Å². The van der Waals surface area contributed by atoms with E-state index in [-0.39, 0.29) is 0 Å². The Kier molecular flexibility index (Phi) is 4.70. The molecule has 0 amide bonds. The first-order valence-electron chi connectivity index (χ1n) is 5.95. The van der Waals surface area contributed by atoms with E-state index in [0.717, 1.165) is 19.4 Å². The minimum absolute atomic E-state index is 0.370. The lowest BCUT2D eigenvalue weighted by atomic mass is 10.1. The lowest BCUT2D eigenvalue weighted by Gasteiger charge is -2.35. The second-order valence-corrected chi connectivity index (χ2v) is 5.18. The van der Waals surface area contributed by atoms with Crippen molar-refractivity contribution in [3.63, 3.8) is 0 Å². The molecule has 0 spiro atoms. The third-order valence-corrected chi connectivity index (χ3v) is 3.45. The summed E-state index contributed by atoms with van der Waals surface area (Å²) in [6.45, 7) is 3.66. The molecule has 5 nitrogen and oxygen atoms in total. The largest absolute Gasteiger partial charge is 0.387 e. The first kappa shape index (κ1) is 13.9. The fourth-order valence-electron chi connectivity index (χ4n) is 2.37. The van der Waals surface area contributed by atoms with Crippen LogP contribution in [0, 0.1) is 0 Å². The van der Waals surface area contributed by atoms with Crippen LogP contribution in [0.1, 0.15) is 19.8 Å². The SMILES string of the molecule is CCCC[N+]1(C)C[C@@H](O)[C@@H](O)[C@H](O)[C@@H](O)C1. The molecule has 1 aliphatic rings. The molecule has 5 atom stereocenters. The summed E-state index contributed by atoms with van der Waals surface area (Å²) < 4.78 is 0.490. The van der Waals surface area contributed by atoms with E-state index < -0.39 is 24.4 Å². The van der Waals surface area contributed by atoms with E-state index in [9.17, 15) is 20.4 Å². The lowest BCUT2D eigenvalue weighted by molar-refractivity contribution is -0.914. The molecule has 16 heavy (non-hydrogen) atoms. The Hall–Kier alpha value is -0.200. The summed E-state index contributed by atoms with van der Waals surface area (Å²) in [5.41, 5.74) is 0. The number of unbranched alkanes of at least 4 members (excludes halogenated alkanes) is 1. The second-order valence-electron chi connectivity index (χ2n) is 5.18.